The first-order valence-electron chi connectivity index (χ1n) is 6.00. The van der Waals surface area contributed by atoms with Gasteiger partial charge in [0.1, 0.15) is 0 Å². The molecule has 0 saturated heterocycles. The number of hydrogen-bond acceptors (Lipinski definition) is 4. The smallest absolute Gasteiger partial charge is 0.258 e. The van der Waals surface area contributed by atoms with Crippen LogP contribution in [0.4, 0.5) is 5.69 Å². The van der Waals surface area contributed by atoms with Gasteiger partial charge in [-0.3, -0.25) is 10.1 Å². The van der Waals surface area contributed by atoms with Gasteiger partial charge in [-0.25, -0.2) is 0 Å². The Hall–Kier alpha value is -2.54. The Morgan fingerprint density at radius 3 is 2.33 bits per heavy atom. The predicted octanol–water partition coefficient (Wildman–Crippen LogP) is 2.71. The average molecular weight is 304 g/mol. The third kappa shape index (κ3) is 3.51. The van der Waals surface area contributed by atoms with Gasteiger partial charge in [-0.1, -0.05) is 42.0 Å². The molecule has 0 N–H and O–H groups in total. The quantitative estimate of drug-likeness (QED) is 0.493. The zero-order chi connectivity index (χ0) is 15.5. The van der Waals surface area contributed by atoms with Crippen molar-refractivity contribution in [2.45, 2.75) is 11.8 Å². The molecular weight excluding hydrogens is 292 g/mol. The molecule has 2 rings (SSSR count). The monoisotopic (exact) mass is 304 g/mol. The summed E-state index contributed by atoms with van der Waals surface area (Å²) in [5, 5.41) is 10.9. The minimum Gasteiger partial charge on any atom is -0.258 e. The third-order valence-electron chi connectivity index (χ3n) is 2.76. The van der Waals surface area contributed by atoms with Crippen LogP contribution >= 0.6 is 0 Å². The number of nitrogens with zero attached hydrogens (tertiary/aromatic N) is 2. The molecule has 0 aliphatic heterocycles. The minimum absolute atomic E-state index is 0.418. The number of benzene rings is 2. The molecule has 108 valence electrons. The number of para-hydroxylation sites is 1. The van der Waals surface area contributed by atoms with Crippen LogP contribution in [0.5, 0.6) is 0 Å². The van der Waals surface area contributed by atoms with Gasteiger partial charge < -0.3 is 0 Å². The van der Waals surface area contributed by atoms with Crippen LogP contribution in [0, 0.1) is 17.0 Å². The fourth-order valence-corrected chi connectivity index (χ4v) is 2.70. The highest BCUT2D eigenvalue weighted by molar-refractivity contribution is 7.90. The van der Waals surface area contributed by atoms with Crippen molar-refractivity contribution in [1.82, 2.24) is 0 Å². The molecule has 7 heteroatoms. The Morgan fingerprint density at radius 2 is 1.71 bits per heavy atom. The summed E-state index contributed by atoms with van der Waals surface area (Å²) in [6.45, 7) is 1.91. The van der Waals surface area contributed by atoms with Crippen molar-refractivity contribution < 1.29 is 13.3 Å². The largest absolute Gasteiger partial charge is 0.289 e. The van der Waals surface area contributed by atoms with E-state index in [1.807, 2.05) is 19.1 Å². The molecule has 0 aromatic heterocycles. The van der Waals surface area contributed by atoms with Gasteiger partial charge in [0.05, 0.1) is 4.92 Å². The van der Waals surface area contributed by atoms with E-state index >= 15 is 0 Å². The number of sulfonamides is 1. The first-order chi connectivity index (χ1) is 9.90. The lowest BCUT2D eigenvalue weighted by atomic mass is 10.2. The molecule has 0 fully saturated rings. The van der Waals surface area contributed by atoms with Crippen molar-refractivity contribution in [2.75, 3.05) is 0 Å². The molecule has 0 unspecified atom stereocenters. The van der Waals surface area contributed by atoms with Crippen molar-refractivity contribution in [3.63, 3.8) is 0 Å². The standard InChI is InChI=1S/C14H12N2O4S/c1-11-6-8-12(9-7-11)10-15-21(19,20)14-5-3-2-4-13(14)16(17)18/h2-10H,1H3. The maximum absolute atomic E-state index is 12.1. The highest BCUT2D eigenvalue weighted by Gasteiger charge is 2.23. The van der Waals surface area contributed by atoms with E-state index in [2.05, 4.69) is 4.40 Å². The summed E-state index contributed by atoms with van der Waals surface area (Å²) in [7, 11) is -4.12. The molecule has 2 aromatic rings. The van der Waals surface area contributed by atoms with Crippen LogP contribution in [0.1, 0.15) is 11.1 Å². The first kappa shape index (κ1) is 14.9. The second-order valence-corrected chi connectivity index (χ2v) is 5.95. The summed E-state index contributed by atoms with van der Waals surface area (Å²) in [6, 6.07) is 12.2. The first-order valence-corrected chi connectivity index (χ1v) is 7.44. The van der Waals surface area contributed by atoms with Crippen LogP contribution in [0.15, 0.2) is 57.8 Å². The van der Waals surface area contributed by atoms with Crippen molar-refractivity contribution >= 4 is 21.9 Å². The summed E-state index contributed by atoms with van der Waals surface area (Å²) in [4.78, 5) is 9.71. The van der Waals surface area contributed by atoms with Crippen LogP contribution < -0.4 is 0 Å². The van der Waals surface area contributed by atoms with Gasteiger partial charge in [-0.15, -0.1) is 0 Å². The van der Waals surface area contributed by atoms with Crippen molar-refractivity contribution in [3.8, 4) is 0 Å². The lowest BCUT2D eigenvalue weighted by Crippen LogP contribution is -2.02. The molecule has 6 nitrogen and oxygen atoms in total. The summed E-state index contributed by atoms with van der Waals surface area (Å²) in [6.07, 6.45) is 1.17. The molecular formula is C14H12N2O4S. The van der Waals surface area contributed by atoms with Gasteiger partial charge in [-0.05, 0) is 18.6 Å². The van der Waals surface area contributed by atoms with Crippen LogP contribution in [-0.2, 0) is 10.0 Å². The molecule has 0 spiro atoms. The number of nitro groups is 1. The molecule has 0 radical (unpaired) electrons. The van der Waals surface area contributed by atoms with Gasteiger partial charge in [-0.2, -0.15) is 12.8 Å². The topological polar surface area (TPSA) is 89.6 Å². The number of aryl methyl sites for hydroxylation is 1. The second kappa shape index (κ2) is 5.84. The van der Waals surface area contributed by atoms with Crippen molar-refractivity contribution in [1.29, 1.82) is 0 Å². The fraction of sp³-hybridized carbons (Fsp3) is 0.0714. The lowest BCUT2D eigenvalue weighted by molar-refractivity contribution is -0.387. The van der Waals surface area contributed by atoms with Gasteiger partial charge in [0, 0.05) is 12.3 Å². The lowest BCUT2D eigenvalue weighted by Gasteiger charge is -2.00. The Bertz CT molecular complexity index is 796. The molecule has 0 atom stereocenters. The van der Waals surface area contributed by atoms with Crippen molar-refractivity contribution in [3.05, 3.63) is 69.8 Å². The highest BCUT2D eigenvalue weighted by Crippen LogP contribution is 2.24. The normalized spacial score (nSPS) is 11.7. The molecule has 0 bridgehead atoms. The van der Waals surface area contributed by atoms with E-state index < -0.39 is 25.5 Å². The van der Waals surface area contributed by atoms with Crippen LogP contribution in [-0.4, -0.2) is 19.6 Å². The Labute approximate surface area is 122 Å². The Balaban J connectivity index is 2.39. The summed E-state index contributed by atoms with van der Waals surface area (Å²) >= 11 is 0. The number of hydrogen-bond donors (Lipinski definition) is 0. The minimum atomic E-state index is -4.12. The van der Waals surface area contributed by atoms with Gasteiger partial charge in [0.2, 0.25) is 0 Å². The Morgan fingerprint density at radius 1 is 1.10 bits per heavy atom. The zero-order valence-corrected chi connectivity index (χ0v) is 11.9. The van der Waals surface area contributed by atoms with E-state index in [-0.39, 0.29) is 0 Å². The summed E-state index contributed by atoms with van der Waals surface area (Å²) in [5.41, 5.74) is 1.15. The van der Waals surface area contributed by atoms with E-state index in [1.165, 1.54) is 24.4 Å². The van der Waals surface area contributed by atoms with E-state index in [1.54, 1.807) is 12.1 Å². The van der Waals surface area contributed by atoms with Crippen LogP contribution in [0.25, 0.3) is 0 Å². The molecule has 0 aliphatic rings. The predicted molar refractivity (Wildman–Crippen MR) is 79.1 cm³/mol. The zero-order valence-electron chi connectivity index (χ0n) is 11.1. The average Bonchev–Trinajstić information content (AvgIpc) is 2.47. The maximum atomic E-state index is 12.1. The summed E-state index contributed by atoms with van der Waals surface area (Å²) < 4.78 is 27.7. The molecule has 21 heavy (non-hydrogen) atoms. The SMILES string of the molecule is Cc1ccc(C=NS(=O)(=O)c2ccccc2[N+](=O)[O-])cc1. The number of rotatable bonds is 4. The third-order valence-corrected chi connectivity index (χ3v) is 4.04. The second-order valence-electron chi connectivity index (χ2n) is 4.35. The molecule has 2 aromatic carbocycles. The maximum Gasteiger partial charge on any atom is 0.289 e. The van der Waals surface area contributed by atoms with E-state index in [9.17, 15) is 18.5 Å². The van der Waals surface area contributed by atoms with Crippen LogP contribution in [0.2, 0.25) is 0 Å². The molecule has 0 amide bonds. The van der Waals surface area contributed by atoms with Gasteiger partial charge in [0.25, 0.3) is 15.7 Å². The van der Waals surface area contributed by atoms with E-state index in [0.717, 1.165) is 11.6 Å². The number of nitro benzene ring substituents is 1. The van der Waals surface area contributed by atoms with Crippen LogP contribution in [0.3, 0.4) is 0 Å². The van der Waals surface area contributed by atoms with Gasteiger partial charge >= 0.3 is 0 Å². The highest BCUT2D eigenvalue weighted by atomic mass is 32.2. The van der Waals surface area contributed by atoms with E-state index in [4.69, 9.17) is 0 Å². The van der Waals surface area contributed by atoms with Gasteiger partial charge in [0.15, 0.2) is 4.90 Å². The van der Waals surface area contributed by atoms with Crippen molar-refractivity contribution in [2.24, 2.45) is 4.40 Å². The van der Waals surface area contributed by atoms with E-state index in [0.29, 0.717) is 5.56 Å². The Kier molecular flexibility index (Phi) is 4.13. The fourth-order valence-electron chi connectivity index (χ4n) is 1.67. The molecule has 0 saturated carbocycles. The molecule has 0 aliphatic carbocycles. The molecule has 0 heterocycles. The summed E-state index contributed by atoms with van der Waals surface area (Å²) in [5.74, 6) is 0.